The van der Waals surface area contributed by atoms with E-state index in [-0.39, 0.29) is 5.56 Å². The van der Waals surface area contributed by atoms with Crippen LogP contribution >= 0.6 is 27.3 Å². The average Bonchev–Trinajstić information content (AvgIpc) is 3.28. The van der Waals surface area contributed by atoms with E-state index in [1.54, 1.807) is 4.40 Å². The number of imidazole rings is 1. The van der Waals surface area contributed by atoms with Crippen molar-refractivity contribution < 1.29 is 0 Å². The lowest BCUT2D eigenvalue weighted by Crippen LogP contribution is -2.23. The minimum atomic E-state index is -0.0470. The SMILES string of the molecule is O=c1c(=Cc2ccccc2Br)sc2nc(-c3ccccc3)c(-c3ccccc3)n12. The lowest BCUT2D eigenvalue weighted by atomic mass is 10.1. The summed E-state index contributed by atoms with van der Waals surface area (Å²) in [6.45, 7) is 0. The molecule has 0 aliphatic carbocycles. The highest BCUT2D eigenvalue weighted by Crippen LogP contribution is 2.32. The highest BCUT2D eigenvalue weighted by atomic mass is 79.9. The van der Waals surface area contributed by atoms with E-state index in [0.717, 1.165) is 32.6 Å². The van der Waals surface area contributed by atoms with Crippen LogP contribution in [0.4, 0.5) is 0 Å². The van der Waals surface area contributed by atoms with Crippen molar-refractivity contribution >= 4 is 38.3 Å². The van der Waals surface area contributed by atoms with Crippen molar-refractivity contribution in [1.82, 2.24) is 9.38 Å². The molecule has 0 amide bonds. The highest BCUT2D eigenvalue weighted by molar-refractivity contribution is 9.10. The summed E-state index contributed by atoms with van der Waals surface area (Å²) in [5.74, 6) is 0. The Labute approximate surface area is 179 Å². The molecule has 5 aromatic rings. The number of hydrogen-bond acceptors (Lipinski definition) is 3. The number of hydrogen-bond donors (Lipinski definition) is 0. The molecule has 0 N–H and O–H groups in total. The van der Waals surface area contributed by atoms with Crippen molar-refractivity contribution in [3.8, 4) is 22.5 Å². The second-order valence-corrected chi connectivity index (χ2v) is 8.46. The Balaban J connectivity index is 1.82. The zero-order valence-corrected chi connectivity index (χ0v) is 17.7. The van der Waals surface area contributed by atoms with Crippen LogP contribution in [0.5, 0.6) is 0 Å². The predicted octanol–water partition coefficient (Wildman–Crippen LogP) is 5.40. The maximum Gasteiger partial charge on any atom is 0.274 e. The van der Waals surface area contributed by atoms with Gasteiger partial charge in [0.05, 0.1) is 15.9 Å². The smallest absolute Gasteiger partial charge is 0.267 e. The van der Waals surface area contributed by atoms with Crippen molar-refractivity contribution in [2.45, 2.75) is 0 Å². The molecule has 29 heavy (non-hydrogen) atoms. The van der Waals surface area contributed by atoms with Gasteiger partial charge >= 0.3 is 0 Å². The molecule has 5 heteroatoms. The van der Waals surface area contributed by atoms with Crippen LogP contribution in [-0.4, -0.2) is 9.38 Å². The van der Waals surface area contributed by atoms with Crippen molar-refractivity contribution in [2.75, 3.05) is 0 Å². The van der Waals surface area contributed by atoms with E-state index in [9.17, 15) is 4.79 Å². The molecule has 0 spiro atoms. The molecule has 0 radical (unpaired) electrons. The van der Waals surface area contributed by atoms with Crippen LogP contribution in [0.1, 0.15) is 5.56 Å². The van der Waals surface area contributed by atoms with Gasteiger partial charge in [-0.1, -0.05) is 106 Å². The summed E-state index contributed by atoms with van der Waals surface area (Å²) in [4.78, 5) is 18.9. The molecule has 5 rings (SSSR count). The van der Waals surface area contributed by atoms with E-state index in [2.05, 4.69) is 15.9 Å². The molecule has 0 saturated heterocycles. The highest BCUT2D eigenvalue weighted by Gasteiger charge is 2.19. The van der Waals surface area contributed by atoms with Gasteiger partial charge in [0, 0.05) is 15.6 Å². The van der Waals surface area contributed by atoms with Gasteiger partial charge in [0.25, 0.3) is 5.56 Å². The first-order valence-electron chi connectivity index (χ1n) is 9.15. The zero-order valence-electron chi connectivity index (χ0n) is 15.2. The van der Waals surface area contributed by atoms with E-state index in [1.807, 2.05) is 91.0 Å². The third kappa shape index (κ3) is 3.22. The van der Waals surface area contributed by atoms with Crippen LogP contribution in [0.3, 0.4) is 0 Å². The predicted molar refractivity (Wildman–Crippen MR) is 123 cm³/mol. The minimum absolute atomic E-state index is 0.0470. The Morgan fingerprint density at radius 1 is 0.828 bits per heavy atom. The van der Waals surface area contributed by atoms with Crippen molar-refractivity contribution in [2.24, 2.45) is 0 Å². The molecular weight excluding hydrogens is 444 g/mol. The summed E-state index contributed by atoms with van der Waals surface area (Å²) in [6, 6.07) is 27.9. The monoisotopic (exact) mass is 458 g/mol. The first-order chi connectivity index (χ1) is 14.2. The Kier molecular flexibility index (Phi) is 4.62. The van der Waals surface area contributed by atoms with Gasteiger partial charge in [0.15, 0.2) is 4.96 Å². The molecule has 2 heterocycles. The molecule has 0 bridgehead atoms. The second-order valence-electron chi connectivity index (χ2n) is 6.60. The first kappa shape index (κ1) is 18.0. The normalized spacial score (nSPS) is 12.0. The standard InChI is InChI=1S/C24H15BrN2OS/c25-19-14-8-7-13-18(19)15-20-23(28)27-22(17-11-5-2-6-12-17)21(26-24(27)29-20)16-9-3-1-4-10-16/h1-15H. The number of fused-ring (bicyclic) bond motifs is 1. The molecule has 0 aliphatic heterocycles. The summed E-state index contributed by atoms with van der Waals surface area (Å²) in [5, 5.41) is 0. The zero-order chi connectivity index (χ0) is 19.8. The fourth-order valence-corrected chi connectivity index (χ4v) is 4.76. The van der Waals surface area contributed by atoms with Gasteiger partial charge < -0.3 is 0 Å². The Hall–Kier alpha value is -3.02. The molecule has 0 aliphatic rings. The Morgan fingerprint density at radius 2 is 1.45 bits per heavy atom. The van der Waals surface area contributed by atoms with Crippen LogP contribution in [0.2, 0.25) is 0 Å². The van der Waals surface area contributed by atoms with Gasteiger partial charge in [0.1, 0.15) is 0 Å². The molecule has 140 valence electrons. The third-order valence-corrected chi connectivity index (χ3v) is 6.44. The van der Waals surface area contributed by atoms with Crippen molar-refractivity contribution in [3.63, 3.8) is 0 Å². The van der Waals surface area contributed by atoms with Crippen LogP contribution in [0, 0.1) is 0 Å². The summed E-state index contributed by atoms with van der Waals surface area (Å²) in [6.07, 6.45) is 1.92. The quantitative estimate of drug-likeness (QED) is 0.362. The average molecular weight is 459 g/mol. The molecule has 3 aromatic carbocycles. The number of aromatic nitrogens is 2. The van der Waals surface area contributed by atoms with E-state index in [4.69, 9.17) is 4.98 Å². The topological polar surface area (TPSA) is 34.4 Å². The Bertz CT molecular complexity index is 1420. The largest absolute Gasteiger partial charge is 0.274 e. The van der Waals surface area contributed by atoms with Crippen LogP contribution < -0.4 is 10.1 Å². The molecule has 0 atom stereocenters. The number of rotatable bonds is 3. The van der Waals surface area contributed by atoms with E-state index in [1.165, 1.54) is 11.3 Å². The number of benzene rings is 3. The fourth-order valence-electron chi connectivity index (χ4n) is 3.39. The van der Waals surface area contributed by atoms with Crippen molar-refractivity contribution in [1.29, 1.82) is 0 Å². The van der Waals surface area contributed by atoms with Gasteiger partial charge in [-0.3, -0.25) is 4.79 Å². The maximum absolute atomic E-state index is 13.4. The summed E-state index contributed by atoms with van der Waals surface area (Å²) < 4.78 is 3.36. The first-order valence-corrected chi connectivity index (χ1v) is 10.8. The minimum Gasteiger partial charge on any atom is -0.267 e. The third-order valence-electron chi connectivity index (χ3n) is 4.75. The van der Waals surface area contributed by atoms with Crippen LogP contribution in [-0.2, 0) is 0 Å². The van der Waals surface area contributed by atoms with Gasteiger partial charge in [-0.25, -0.2) is 9.38 Å². The molecule has 3 nitrogen and oxygen atoms in total. The fraction of sp³-hybridized carbons (Fsp3) is 0. The molecule has 0 fully saturated rings. The second kappa shape index (κ2) is 7.43. The maximum atomic E-state index is 13.4. The van der Waals surface area contributed by atoms with Gasteiger partial charge in [-0.15, -0.1) is 0 Å². The van der Waals surface area contributed by atoms with E-state index in [0.29, 0.717) is 9.49 Å². The molecule has 0 saturated carbocycles. The van der Waals surface area contributed by atoms with Gasteiger partial charge in [-0.05, 0) is 17.7 Å². The van der Waals surface area contributed by atoms with Crippen LogP contribution in [0.15, 0.2) is 94.2 Å². The van der Waals surface area contributed by atoms with Gasteiger partial charge in [-0.2, -0.15) is 0 Å². The molecule has 2 aromatic heterocycles. The summed E-state index contributed by atoms with van der Waals surface area (Å²) in [5.41, 5.74) is 4.56. The lowest BCUT2D eigenvalue weighted by molar-refractivity contribution is 1.15. The summed E-state index contributed by atoms with van der Waals surface area (Å²) >= 11 is 4.97. The number of halogens is 1. The van der Waals surface area contributed by atoms with E-state index >= 15 is 0 Å². The number of thiazole rings is 1. The number of nitrogens with zero attached hydrogens (tertiary/aromatic N) is 2. The van der Waals surface area contributed by atoms with Crippen molar-refractivity contribution in [3.05, 3.63) is 110 Å². The lowest BCUT2D eigenvalue weighted by Gasteiger charge is -2.04. The Morgan fingerprint density at radius 3 is 2.14 bits per heavy atom. The van der Waals surface area contributed by atoms with E-state index < -0.39 is 0 Å². The molecule has 0 unspecified atom stereocenters. The summed E-state index contributed by atoms with van der Waals surface area (Å²) in [7, 11) is 0. The molecular formula is C24H15BrN2OS. The van der Waals surface area contributed by atoms with Crippen LogP contribution in [0.25, 0.3) is 33.6 Å². The van der Waals surface area contributed by atoms with Gasteiger partial charge in [0.2, 0.25) is 0 Å².